The minimum Gasteiger partial charge on any atom is -0.497 e. The normalized spacial score (nSPS) is 10.1. The molecule has 0 amide bonds. The average Bonchev–Trinajstić information content (AvgIpc) is 2.25. The van der Waals surface area contributed by atoms with Crippen molar-refractivity contribution in [3.8, 4) is 11.5 Å². The topological polar surface area (TPSA) is 39.7 Å². The molecule has 4 nitrogen and oxygen atoms in total. The van der Waals surface area contributed by atoms with E-state index in [9.17, 15) is 0 Å². The Morgan fingerprint density at radius 2 is 1.87 bits per heavy atom. The van der Waals surface area contributed by atoms with Crippen molar-refractivity contribution in [2.75, 3.05) is 21.3 Å². The predicted molar refractivity (Wildman–Crippen MR) is 58.1 cm³/mol. The molecule has 1 aromatic rings. The van der Waals surface area contributed by atoms with E-state index in [2.05, 4.69) is 5.48 Å². The molecular formula is C11H17NO3. The van der Waals surface area contributed by atoms with Gasteiger partial charge in [-0.25, -0.2) is 0 Å². The molecule has 0 radical (unpaired) electrons. The highest BCUT2D eigenvalue weighted by molar-refractivity contribution is 5.46. The molecule has 0 spiro atoms. The summed E-state index contributed by atoms with van der Waals surface area (Å²) in [6, 6.07) is 3.87. The standard InChI is InChI=1S/C11H17NO3/c1-8-5-10(13-2)6-9(7-12-15-4)11(8)14-3/h5-6,12H,7H2,1-4H3. The van der Waals surface area contributed by atoms with Gasteiger partial charge in [0.25, 0.3) is 0 Å². The second-order valence-electron chi connectivity index (χ2n) is 3.16. The van der Waals surface area contributed by atoms with E-state index in [1.54, 1.807) is 21.3 Å². The lowest BCUT2D eigenvalue weighted by Gasteiger charge is -2.13. The van der Waals surface area contributed by atoms with E-state index in [1.807, 2.05) is 19.1 Å². The third kappa shape index (κ3) is 2.84. The van der Waals surface area contributed by atoms with Crippen LogP contribution in [0.4, 0.5) is 0 Å². The van der Waals surface area contributed by atoms with Gasteiger partial charge < -0.3 is 14.3 Å². The molecule has 4 heteroatoms. The van der Waals surface area contributed by atoms with Crippen LogP contribution in [0, 0.1) is 6.92 Å². The average molecular weight is 211 g/mol. The van der Waals surface area contributed by atoms with E-state index in [4.69, 9.17) is 14.3 Å². The Labute approximate surface area is 90.1 Å². The van der Waals surface area contributed by atoms with Gasteiger partial charge in [0.05, 0.1) is 21.3 Å². The van der Waals surface area contributed by atoms with Crippen LogP contribution in [0.15, 0.2) is 12.1 Å². The first-order valence-electron chi connectivity index (χ1n) is 4.70. The molecule has 0 saturated carbocycles. The largest absolute Gasteiger partial charge is 0.497 e. The zero-order chi connectivity index (χ0) is 11.3. The quantitative estimate of drug-likeness (QED) is 0.752. The van der Waals surface area contributed by atoms with Gasteiger partial charge in [-0.15, -0.1) is 0 Å². The van der Waals surface area contributed by atoms with Gasteiger partial charge in [-0.05, 0) is 24.6 Å². The van der Waals surface area contributed by atoms with E-state index < -0.39 is 0 Å². The summed E-state index contributed by atoms with van der Waals surface area (Å²) in [6.07, 6.45) is 0. The minimum absolute atomic E-state index is 0.581. The number of ether oxygens (including phenoxy) is 2. The Morgan fingerprint density at radius 1 is 1.13 bits per heavy atom. The molecule has 0 bridgehead atoms. The molecule has 0 aliphatic carbocycles. The van der Waals surface area contributed by atoms with Gasteiger partial charge in [0.2, 0.25) is 0 Å². The maximum atomic E-state index is 5.32. The van der Waals surface area contributed by atoms with Crippen molar-refractivity contribution in [3.63, 3.8) is 0 Å². The highest BCUT2D eigenvalue weighted by atomic mass is 16.6. The van der Waals surface area contributed by atoms with Crippen LogP contribution in [-0.2, 0) is 11.4 Å². The monoisotopic (exact) mass is 211 g/mol. The zero-order valence-corrected chi connectivity index (χ0v) is 9.59. The molecule has 0 aliphatic rings. The fourth-order valence-electron chi connectivity index (χ4n) is 1.50. The second-order valence-corrected chi connectivity index (χ2v) is 3.16. The van der Waals surface area contributed by atoms with Crippen LogP contribution >= 0.6 is 0 Å². The molecule has 1 aromatic carbocycles. The van der Waals surface area contributed by atoms with E-state index in [0.29, 0.717) is 6.54 Å². The van der Waals surface area contributed by atoms with Gasteiger partial charge in [0.15, 0.2) is 0 Å². The van der Waals surface area contributed by atoms with Crippen molar-refractivity contribution >= 4 is 0 Å². The molecule has 0 fully saturated rings. The number of hydrogen-bond donors (Lipinski definition) is 1. The van der Waals surface area contributed by atoms with Crippen LogP contribution in [0.5, 0.6) is 11.5 Å². The maximum Gasteiger partial charge on any atom is 0.126 e. The summed E-state index contributed by atoms with van der Waals surface area (Å²) in [6.45, 7) is 2.56. The Morgan fingerprint density at radius 3 is 2.40 bits per heavy atom. The summed E-state index contributed by atoms with van der Waals surface area (Å²) >= 11 is 0. The molecule has 0 unspecified atom stereocenters. The van der Waals surface area contributed by atoms with Gasteiger partial charge in [-0.2, -0.15) is 5.48 Å². The third-order valence-electron chi connectivity index (χ3n) is 2.17. The number of benzene rings is 1. The summed E-state index contributed by atoms with van der Waals surface area (Å²) in [5.41, 5.74) is 4.84. The number of methoxy groups -OCH3 is 2. The van der Waals surface area contributed by atoms with Crippen LogP contribution in [0.2, 0.25) is 0 Å². The van der Waals surface area contributed by atoms with Gasteiger partial charge in [0, 0.05) is 12.1 Å². The fraction of sp³-hybridized carbons (Fsp3) is 0.455. The summed E-state index contributed by atoms with van der Waals surface area (Å²) in [5.74, 6) is 1.68. The molecule has 1 rings (SSSR count). The zero-order valence-electron chi connectivity index (χ0n) is 9.59. The van der Waals surface area contributed by atoms with E-state index in [1.165, 1.54) is 0 Å². The molecule has 0 aliphatic heterocycles. The predicted octanol–water partition coefficient (Wildman–Crippen LogP) is 1.66. The summed E-state index contributed by atoms with van der Waals surface area (Å²) in [5, 5.41) is 0. The summed E-state index contributed by atoms with van der Waals surface area (Å²) in [4.78, 5) is 4.81. The van der Waals surface area contributed by atoms with E-state index >= 15 is 0 Å². The van der Waals surface area contributed by atoms with E-state index in [-0.39, 0.29) is 0 Å². The lowest BCUT2D eigenvalue weighted by molar-refractivity contribution is 0.0860. The SMILES string of the molecule is CONCc1cc(OC)cc(C)c1OC. The van der Waals surface area contributed by atoms with Crippen LogP contribution < -0.4 is 15.0 Å². The van der Waals surface area contributed by atoms with E-state index in [0.717, 1.165) is 22.6 Å². The van der Waals surface area contributed by atoms with Crippen molar-refractivity contribution in [2.45, 2.75) is 13.5 Å². The number of aryl methyl sites for hydroxylation is 1. The van der Waals surface area contributed by atoms with Crippen LogP contribution in [0.3, 0.4) is 0 Å². The lowest BCUT2D eigenvalue weighted by Crippen LogP contribution is -2.12. The first-order valence-corrected chi connectivity index (χ1v) is 4.70. The van der Waals surface area contributed by atoms with Gasteiger partial charge in [-0.3, -0.25) is 0 Å². The molecule has 84 valence electrons. The maximum absolute atomic E-state index is 5.32. The lowest BCUT2D eigenvalue weighted by atomic mass is 10.1. The molecular weight excluding hydrogens is 194 g/mol. The number of hydroxylamine groups is 1. The van der Waals surface area contributed by atoms with Crippen molar-refractivity contribution in [1.82, 2.24) is 5.48 Å². The Kier molecular flexibility index (Phi) is 4.39. The van der Waals surface area contributed by atoms with Crippen LogP contribution in [0.1, 0.15) is 11.1 Å². The third-order valence-corrected chi connectivity index (χ3v) is 2.17. The minimum atomic E-state index is 0.581. The number of nitrogens with one attached hydrogen (secondary N) is 1. The highest BCUT2D eigenvalue weighted by Crippen LogP contribution is 2.28. The first kappa shape index (κ1) is 11.8. The van der Waals surface area contributed by atoms with Crippen molar-refractivity contribution in [2.24, 2.45) is 0 Å². The van der Waals surface area contributed by atoms with Crippen LogP contribution in [0.25, 0.3) is 0 Å². The Hall–Kier alpha value is -1.26. The van der Waals surface area contributed by atoms with Gasteiger partial charge in [0.1, 0.15) is 11.5 Å². The molecule has 0 saturated heterocycles. The Bertz CT molecular complexity index is 326. The van der Waals surface area contributed by atoms with Gasteiger partial charge >= 0.3 is 0 Å². The Balaban J connectivity index is 3.02. The van der Waals surface area contributed by atoms with Gasteiger partial charge in [-0.1, -0.05) is 0 Å². The van der Waals surface area contributed by atoms with Crippen molar-refractivity contribution in [1.29, 1.82) is 0 Å². The summed E-state index contributed by atoms with van der Waals surface area (Å²) < 4.78 is 10.5. The van der Waals surface area contributed by atoms with Crippen LogP contribution in [-0.4, -0.2) is 21.3 Å². The van der Waals surface area contributed by atoms with Crippen molar-refractivity contribution in [3.05, 3.63) is 23.3 Å². The number of hydrogen-bond acceptors (Lipinski definition) is 4. The number of rotatable bonds is 5. The molecule has 1 N–H and O–H groups in total. The second kappa shape index (κ2) is 5.58. The fourth-order valence-corrected chi connectivity index (χ4v) is 1.50. The molecule has 15 heavy (non-hydrogen) atoms. The molecule has 0 aromatic heterocycles. The highest BCUT2D eigenvalue weighted by Gasteiger charge is 2.08. The smallest absolute Gasteiger partial charge is 0.126 e. The molecule has 0 atom stereocenters. The summed E-state index contributed by atoms with van der Waals surface area (Å²) in [7, 11) is 4.89. The molecule has 0 heterocycles. The van der Waals surface area contributed by atoms with Crippen molar-refractivity contribution < 1.29 is 14.3 Å². The first-order chi connectivity index (χ1) is 7.22.